The van der Waals surface area contributed by atoms with Gasteiger partial charge in [-0.05, 0) is 47.5 Å². The highest BCUT2D eigenvalue weighted by atomic mass is 79.9. The molecule has 5 rings (SSSR count). The second kappa shape index (κ2) is 13.0. The lowest BCUT2D eigenvalue weighted by Crippen LogP contribution is -2.20. The summed E-state index contributed by atoms with van der Waals surface area (Å²) in [5, 5.41) is 13.5. The molecule has 39 heavy (non-hydrogen) atoms. The molecule has 0 radical (unpaired) electrons. The molecule has 0 unspecified atom stereocenters. The Labute approximate surface area is 239 Å². The highest BCUT2D eigenvalue weighted by Gasteiger charge is 2.17. The monoisotopic (exact) mass is 597 g/mol. The fraction of sp³-hybridized carbons (Fsp3) is 0.0667. The number of para-hydroxylation sites is 1. The van der Waals surface area contributed by atoms with E-state index < -0.39 is 0 Å². The number of benzene rings is 4. The van der Waals surface area contributed by atoms with Crippen LogP contribution >= 0.6 is 27.7 Å². The largest absolute Gasteiger partial charge is 0.489 e. The molecule has 0 atom stereocenters. The van der Waals surface area contributed by atoms with Crippen LogP contribution in [0.3, 0.4) is 0 Å². The molecule has 0 aliphatic heterocycles. The van der Waals surface area contributed by atoms with Gasteiger partial charge in [0.15, 0.2) is 11.0 Å². The molecule has 0 aliphatic rings. The van der Waals surface area contributed by atoms with Crippen LogP contribution in [0.5, 0.6) is 5.75 Å². The van der Waals surface area contributed by atoms with Gasteiger partial charge < -0.3 is 4.74 Å². The number of thioether (sulfide) groups is 1. The highest BCUT2D eigenvalue weighted by molar-refractivity contribution is 9.10. The molecule has 1 amide bonds. The summed E-state index contributed by atoms with van der Waals surface area (Å²) in [4.78, 5) is 12.6. The van der Waals surface area contributed by atoms with E-state index in [-0.39, 0.29) is 11.7 Å². The van der Waals surface area contributed by atoms with Crippen LogP contribution in [-0.4, -0.2) is 32.6 Å². The van der Waals surface area contributed by atoms with E-state index in [1.54, 1.807) is 6.21 Å². The van der Waals surface area contributed by atoms with Gasteiger partial charge in [0.1, 0.15) is 12.4 Å². The molecule has 1 N–H and O–H groups in total. The average Bonchev–Trinajstić information content (AvgIpc) is 3.41. The number of hydrogen-bond donors (Lipinski definition) is 1. The Kier molecular flexibility index (Phi) is 8.82. The van der Waals surface area contributed by atoms with E-state index in [2.05, 4.69) is 36.7 Å². The maximum atomic E-state index is 12.6. The fourth-order valence-corrected chi connectivity index (χ4v) is 4.73. The molecule has 7 nitrogen and oxygen atoms in total. The number of amides is 1. The predicted octanol–water partition coefficient (Wildman–Crippen LogP) is 6.52. The van der Waals surface area contributed by atoms with Crippen molar-refractivity contribution in [3.8, 4) is 22.8 Å². The average molecular weight is 599 g/mol. The van der Waals surface area contributed by atoms with E-state index in [1.807, 2.05) is 114 Å². The van der Waals surface area contributed by atoms with Crippen molar-refractivity contribution in [1.29, 1.82) is 0 Å². The summed E-state index contributed by atoms with van der Waals surface area (Å²) in [5.74, 6) is 1.30. The lowest BCUT2D eigenvalue weighted by Gasteiger charge is -2.10. The summed E-state index contributed by atoms with van der Waals surface area (Å²) in [6.07, 6.45) is 1.59. The van der Waals surface area contributed by atoms with Gasteiger partial charge >= 0.3 is 0 Å². The Morgan fingerprint density at radius 2 is 1.67 bits per heavy atom. The molecule has 194 valence electrons. The predicted molar refractivity (Wildman–Crippen MR) is 158 cm³/mol. The van der Waals surface area contributed by atoms with Gasteiger partial charge in [-0.25, -0.2) is 5.43 Å². The van der Waals surface area contributed by atoms with Crippen LogP contribution in [0.4, 0.5) is 0 Å². The van der Waals surface area contributed by atoms with Gasteiger partial charge in [0.2, 0.25) is 0 Å². The summed E-state index contributed by atoms with van der Waals surface area (Å²) in [7, 11) is 0. The number of carbonyl (C=O) groups is 1. The normalized spacial score (nSPS) is 11.0. The van der Waals surface area contributed by atoms with Crippen LogP contribution in [-0.2, 0) is 11.4 Å². The van der Waals surface area contributed by atoms with E-state index in [1.165, 1.54) is 11.8 Å². The van der Waals surface area contributed by atoms with Crippen LogP contribution < -0.4 is 10.2 Å². The minimum atomic E-state index is -0.250. The third-order valence-corrected chi connectivity index (χ3v) is 7.05. The Hall–Kier alpha value is -4.21. The molecule has 1 heterocycles. The zero-order valence-corrected chi connectivity index (χ0v) is 23.2. The van der Waals surface area contributed by atoms with Crippen molar-refractivity contribution in [2.45, 2.75) is 11.8 Å². The Balaban J connectivity index is 1.21. The summed E-state index contributed by atoms with van der Waals surface area (Å²) in [6, 6.07) is 35.2. The second-order valence-electron chi connectivity index (χ2n) is 8.41. The molecule has 0 bridgehead atoms. The Bertz CT molecular complexity index is 1560. The number of hydrazone groups is 1. The van der Waals surface area contributed by atoms with Gasteiger partial charge in [-0.2, -0.15) is 5.10 Å². The third kappa shape index (κ3) is 7.22. The smallest absolute Gasteiger partial charge is 0.250 e. The molecular formula is C30H24BrN5O2S. The van der Waals surface area contributed by atoms with Gasteiger partial charge in [-0.3, -0.25) is 9.36 Å². The quantitative estimate of drug-likeness (QED) is 0.113. The first-order chi connectivity index (χ1) is 19.2. The Morgan fingerprint density at radius 3 is 2.44 bits per heavy atom. The first-order valence-corrected chi connectivity index (χ1v) is 13.9. The number of nitrogens with one attached hydrogen (secondary N) is 1. The standard InChI is InChI=1S/C30H24BrN5O2S/c31-25-16-14-24(15-17-25)29-34-35-30(36(29)26-11-5-2-6-12-26)39-21-28(37)33-32-19-23-10-7-13-27(18-23)38-20-22-8-3-1-4-9-22/h1-19H,20-21H2,(H,33,37)/b32-19-. The third-order valence-electron chi connectivity index (χ3n) is 5.59. The zero-order valence-electron chi connectivity index (χ0n) is 20.8. The maximum absolute atomic E-state index is 12.6. The first kappa shape index (κ1) is 26.4. The van der Waals surface area contributed by atoms with Gasteiger partial charge in [-0.1, -0.05) is 100 Å². The van der Waals surface area contributed by atoms with Crippen molar-refractivity contribution in [2.24, 2.45) is 5.10 Å². The van der Waals surface area contributed by atoms with Crippen molar-refractivity contribution >= 4 is 39.8 Å². The number of aromatic nitrogens is 3. The van der Waals surface area contributed by atoms with E-state index >= 15 is 0 Å². The zero-order chi connectivity index (χ0) is 26.9. The van der Waals surface area contributed by atoms with Crippen molar-refractivity contribution in [3.63, 3.8) is 0 Å². The first-order valence-electron chi connectivity index (χ1n) is 12.1. The van der Waals surface area contributed by atoms with Gasteiger partial charge in [-0.15, -0.1) is 10.2 Å². The van der Waals surface area contributed by atoms with Crippen LogP contribution in [0, 0.1) is 0 Å². The molecule has 4 aromatic carbocycles. The number of rotatable bonds is 10. The molecule has 0 spiro atoms. The molecular weight excluding hydrogens is 574 g/mol. The molecule has 0 saturated carbocycles. The SMILES string of the molecule is O=C(CSc1nnc(-c2ccc(Br)cc2)n1-c1ccccc1)N/N=C\c1cccc(OCc2ccccc2)c1. The number of hydrogen-bond acceptors (Lipinski definition) is 6. The number of ether oxygens (including phenoxy) is 1. The highest BCUT2D eigenvalue weighted by Crippen LogP contribution is 2.28. The van der Waals surface area contributed by atoms with Crippen molar-refractivity contribution in [1.82, 2.24) is 20.2 Å². The number of nitrogens with zero attached hydrogens (tertiary/aromatic N) is 4. The van der Waals surface area contributed by atoms with E-state index in [9.17, 15) is 4.79 Å². The van der Waals surface area contributed by atoms with Gasteiger partial charge in [0.05, 0.1) is 12.0 Å². The molecule has 1 aromatic heterocycles. The van der Waals surface area contributed by atoms with E-state index in [0.717, 1.165) is 32.6 Å². The van der Waals surface area contributed by atoms with Crippen molar-refractivity contribution < 1.29 is 9.53 Å². The molecule has 0 saturated heterocycles. The lowest BCUT2D eigenvalue weighted by molar-refractivity contribution is -0.118. The van der Waals surface area contributed by atoms with Crippen molar-refractivity contribution in [3.05, 3.63) is 125 Å². The maximum Gasteiger partial charge on any atom is 0.250 e. The van der Waals surface area contributed by atoms with Crippen LogP contribution in [0.1, 0.15) is 11.1 Å². The Morgan fingerprint density at radius 1 is 0.923 bits per heavy atom. The minimum Gasteiger partial charge on any atom is -0.489 e. The minimum absolute atomic E-state index is 0.128. The van der Waals surface area contributed by atoms with Gasteiger partial charge in [0.25, 0.3) is 5.91 Å². The molecule has 0 aliphatic carbocycles. The number of carbonyl (C=O) groups excluding carboxylic acids is 1. The van der Waals surface area contributed by atoms with Crippen LogP contribution in [0.2, 0.25) is 0 Å². The van der Waals surface area contributed by atoms with Crippen LogP contribution in [0.15, 0.2) is 124 Å². The lowest BCUT2D eigenvalue weighted by atomic mass is 10.2. The van der Waals surface area contributed by atoms with E-state index in [4.69, 9.17) is 4.74 Å². The fourth-order valence-electron chi connectivity index (χ4n) is 3.73. The van der Waals surface area contributed by atoms with Gasteiger partial charge in [0, 0.05) is 15.7 Å². The summed E-state index contributed by atoms with van der Waals surface area (Å²) in [5.41, 5.74) is 6.33. The topological polar surface area (TPSA) is 81.4 Å². The van der Waals surface area contributed by atoms with Crippen molar-refractivity contribution in [2.75, 3.05) is 5.75 Å². The summed E-state index contributed by atoms with van der Waals surface area (Å²) >= 11 is 4.77. The molecule has 5 aromatic rings. The summed E-state index contributed by atoms with van der Waals surface area (Å²) in [6.45, 7) is 0.479. The molecule has 0 fully saturated rings. The van der Waals surface area contributed by atoms with E-state index in [0.29, 0.717) is 17.6 Å². The van der Waals surface area contributed by atoms with Crippen LogP contribution in [0.25, 0.3) is 17.1 Å². The molecule has 9 heteroatoms. The second-order valence-corrected chi connectivity index (χ2v) is 10.3. The number of halogens is 1. The summed E-state index contributed by atoms with van der Waals surface area (Å²) < 4.78 is 8.80.